The van der Waals surface area contributed by atoms with Crippen molar-refractivity contribution in [3.63, 3.8) is 0 Å². The second kappa shape index (κ2) is 19.2. The van der Waals surface area contributed by atoms with Gasteiger partial charge in [0.25, 0.3) is 0 Å². The molecule has 0 spiro atoms. The third-order valence-electron chi connectivity index (χ3n) is 5.04. The molecule has 3 N–H and O–H groups in total. The van der Waals surface area contributed by atoms with Gasteiger partial charge in [-0.05, 0) is 32.1 Å². The van der Waals surface area contributed by atoms with Crippen molar-refractivity contribution >= 4 is 18.5 Å². The molecule has 0 fully saturated rings. The molecular formula is C21H50N2O3Si2. The van der Waals surface area contributed by atoms with Gasteiger partial charge in [-0.1, -0.05) is 73.1 Å². The number of unbranched alkanes of at least 4 members (excludes halogenated alkanes) is 5. The lowest BCUT2D eigenvalue weighted by Crippen LogP contribution is -2.64. The Morgan fingerprint density at radius 3 is 1.61 bits per heavy atom. The van der Waals surface area contributed by atoms with Crippen LogP contribution in [0.25, 0.3) is 0 Å². The van der Waals surface area contributed by atoms with Gasteiger partial charge in [-0.25, -0.2) is 0 Å². The zero-order valence-corrected chi connectivity index (χ0v) is 22.0. The molecule has 0 aromatic carbocycles. The van der Waals surface area contributed by atoms with Crippen LogP contribution in [0, 0.1) is 0 Å². The maximum Gasteiger partial charge on any atom is 0.518 e. The Morgan fingerprint density at radius 1 is 0.750 bits per heavy atom. The van der Waals surface area contributed by atoms with E-state index in [9.17, 15) is 0 Å². The Labute approximate surface area is 179 Å². The summed E-state index contributed by atoms with van der Waals surface area (Å²) in [5.74, 6) is 0. The van der Waals surface area contributed by atoms with Crippen molar-refractivity contribution in [3.8, 4) is 0 Å². The van der Waals surface area contributed by atoms with Crippen molar-refractivity contribution in [2.45, 2.75) is 117 Å². The van der Waals surface area contributed by atoms with Crippen LogP contribution in [0.3, 0.4) is 0 Å². The molecule has 2 unspecified atom stereocenters. The largest absolute Gasteiger partial charge is 0.518 e. The van der Waals surface area contributed by atoms with Gasteiger partial charge in [0, 0.05) is 25.5 Å². The highest BCUT2D eigenvalue weighted by molar-refractivity contribution is 6.63. The summed E-state index contributed by atoms with van der Waals surface area (Å²) in [6.45, 7) is 13.2. The van der Waals surface area contributed by atoms with Crippen LogP contribution in [0.2, 0.25) is 0 Å². The minimum Gasteiger partial charge on any atom is -0.373 e. The van der Waals surface area contributed by atoms with Crippen LogP contribution in [0.5, 0.6) is 0 Å². The highest BCUT2D eigenvalue weighted by atomic mass is 28.4. The molecule has 0 bridgehead atoms. The normalized spacial score (nSPS) is 14.8. The van der Waals surface area contributed by atoms with Crippen molar-refractivity contribution in [2.24, 2.45) is 5.73 Å². The minimum absolute atomic E-state index is 0.168. The Bertz CT molecular complexity index is 312. The summed E-state index contributed by atoms with van der Waals surface area (Å²) in [7, 11) is -3.37. The summed E-state index contributed by atoms with van der Waals surface area (Å²) in [5.41, 5.74) is 6.90. The zero-order chi connectivity index (χ0) is 21.1. The average Bonchev–Trinajstić information content (AvgIpc) is 2.69. The van der Waals surface area contributed by atoms with Crippen LogP contribution in [0.1, 0.15) is 105 Å². The fourth-order valence-corrected chi connectivity index (χ4v) is 8.44. The monoisotopic (exact) mass is 434 g/mol. The zero-order valence-electron chi connectivity index (χ0n) is 19.6. The highest BCUT2D eigenvalue weighted by Gasteiger charge is 2.48. The molecule has 0 aliphatic rings. The fourth-order valence-electron chi connectivity index (χ4n) is 3.07. The van der Waals surface area contributed by atoms with Gasteiger partial charge in [-0.15, -0.1) is 0 Å². The molecule has 0 saturated carbocycles. The quantitative estimate of drug-likeness (QED) is 0.209. The molecule has 170 valence electrons. The predicted molar refractivity (Wildman–Crippen MR) is 126 cm³/mol. The maximum atomic E-state index is 6.46. The molecule has 28 heavy (non-hydrogen) atoms. The number of nitrogens with two attached hydrogens (primary N) is 1. The molecule has 0 radical (unpaired) electrons. The first-order valence-corrected chi connectivity index (χ1v) is 15.3. The van der Waals surface area contributed by atoms with Gasteiger partial charge in [-0.3, -0.25) is 0 Å². The van der Waals surface area contributed by atoms with E-state index in [1.807, 2.05) is 0 Å². The molecule has 5 nitrogen and oxygen atoms in total. The lowest BCUT2D eigenvalue weighted by molar-refractivity contribution is 0.0457. The Balaban J connectivity index is 5.08. The highest BCUT2D eigenvalue weighted by Crippen LogP contribution is 2.20. The maximum absolute atomic E-state index is 6.46. The fraction of sp³-hybridized carbons (Fsp3) is 1.00. The minimum atomic E-state index is -2.77. The first kappa shape index (κ1) is 28.2. The molecular weight excluding hydrogens is 384 g/mol. The van der Waals surface area contributed by atoms with Gasteiger partial charge in [0.05, 0.1) is 5.67 Å². The van der Waals surface area contributed by atoms with E-state index in [0.29, 0.717) is 5.67 Å². The smallest absolute Gasteiger partial charge is 0.373 e. The average molecular weight is 435 g/mol. The summed E-state index contributed by atoms with van der Waals surface area (Å²) in [4.78, 5) is 3.82. The van der Waals surface area contributed by atoms with E-state index in [1.165, 1.54) is 19.3 Å². The number of rotatable bonds is 21. The van der Waals surface area contributed by atoms with Crippen LogP contribution >= 0.6 is 0 Å². The summed E-state index contributed by atoms with van der Waals surface area (Å²) in [5, 5.41) is 0. The third-order valence-corrected chi connectivity index (χ3v) is 10.4. The lowest BCUT2D eigenvalue weighted by atomic mass is 10.2. The number of nitrogens with one attached hydrogen (secondary N) is 1. The SMILES string of the molecule is CCCCCC(N)[SiH2]NC(CC)[Si](OCCCC)(OCCCC)OCCCC. The summed E-state index contributed by atoms with van der Waals surface area (Å²) >= 11 is 0. The van der Waals surface area contributed by atoms with Crippen LogP contribution < -0.4 is 10.7 Å². The number of hydrogen-bond donors (Lipinski definition) is 2. The van der Waals surface area contributed by atoms with Crippen molar-refractivity contribution in [2.75, 3.05) is 19.8 Å². The predicted octanol–water partition coefficient (Wildman–Crippen LogP) is 4.23. The van der Waals surface area contributed by atoms with Crippen LogP contribution in [0.4, 0.5) is 0 Å². The Morgan fingerprint density at radius 2 is 1.21 bits per heavy atom. The molecule has 0 heterocycles. The van der Waals surface area contributed by atoms with Gasteiger partial charge in [0.15, 0.2) is 0 Å². The van der Waals surface area contributed by atoms with Crippen molar-refractivity contribution < 1.29 is 13.3 Å². The van der Waals surface area contributed by atoms with Gasteiger partial charge in [-0.2, -0.15) is 0 Å². The molecule has 0 rings (SSSR count). The molecule has 2 atom stereocenters. The standard InChI is InChI=1S/C21H50N2O3Si2/c1-6-11-15-16-20(22)27-23-21(10-5)28(24-17-12-7-2,25-18-13-8-3)26-19-14-9-4/h20-21,23H,6-19,22,27H2,1-5H3. The Hall–Kier alpha value is 0.234. The van der Waals surface area contributed by atoms with E-state index < -0.39 is 18.5 Å². The molecule has 0 aliphatic carbocycles. The molecule has 0 saturated heterocycles. The molecule has 0 aromatic rings. The van der Waals surface area contributed by atoms with Crippen LogP contribution in [0.15, 0.2) is 0 Å². The van der Waals surface area contributed by atoms with E-state index in [0.717, 1.165) is 71.2 Å². The summed E-state index contributed by atoms with van der Waals surface area (Å²) < 4.78 is 19.4. The lowest BCUT2D eigenvalue weighted by Gasteiger charge is -2.37. The van der Waals surface area contributed by atoms with E-state index in [2.05, 4.69) is 39.6 Å². The van der Waals surface area contributed by atoms with E-state index in [-0.39, 0.29) is 5.67 Å². The van der Waals surface area contributed by atoms with Crippen LogP contribution in [-0.4, -0.2) is 49.6 Å². The molecule has 0 aliphatic heterocycles. The van der Waals surface area contributed by atoms with E-state index in [4.69, 9.17) is 19.0 Å². The topological polar surface area (TPSA) is 65.7 Å². The number of hydrogen-bond acceptors (Lipinski definition) is 5. The van der Waals surface area contributed by atoms with E-state index in [1.54, 1.807) is 0 Å². The van der Waals surface area contributed by atoms with Crippen molar-refractivity contribution in [3.05, 3.63) is 0 Å². The molecule has 0 amide bonds. The summed E-state index contributed by atoms with van der Waals surface area (Å²) in [6, 6.07) is 0. The third kappa shape index (κ3) is 12.7. The Kier molecular flexibility index (Phi) is 19.4. The van der Waals surface area contributed by atoms with Gasteiger partial charge in [0.1, 0.15) is 9.68 Å². The van der Waals surface area contributed by atoms with Gasteiger partial charge < -0.3 is 24.0 Å². The van der Waals surface area contributed by atoms with Gasteiger partial charge in [0.2, 0.25) is 0 Å². The van der Waals surface area contributed by atoms with Crippen LogP contribution in [-0.2, 0) is 13.3 Å². The second-order valence-corrected chi connectivity index (χ2v) is 12.5. The first-order valence-electron chi connectivity index (χ1n) is 12.0. The van der Waals surface area contributed by atoms with Gasteiger partial charge >= 0.3 is 8.80 Å². The first-order chi connectivity index (χ1) is 13.6. The molecule has 0 aromatic heterocycles. The van der Waals surface area contributed by atoms with Crippen molar-refractivity contribution in [1.29, 1.82) is 0 Å². The van der Waals surface area contributed by atoms with E-state index >= 15 is 0 Å². The van der Waals surface area contributed by atoms with Crippen molar-refractivity contribution in [1.82, 2.24) is 4.98 Å². The molecule has 7 heteroatoms. The second-order valence-electron chi connectivity index (χ2n) is 7.83. The summed E-state index contributed by atoms with van der Waals surface area (Å²) in [6.07, 6.45) is 12.4.